The number of rotatable bonds is 7. The molecule has 0 spiro atoms. The number of hydrogen-bond donors (Lipinski definition) is 3. The van der Waals surface area contributed by atoms with Gasteiger partial charge in [-0.15, -0.1) is 24.0 Å². The molecule has 1 unspecified atom stereocenters. The molecule has 0 saturated carbocycles. The summed E-state index contributed by atoms with van der Waals surface area (Å²) >= 11 is 0. The Morgan fingerprint density at radius 3 is 2.38 bits per heavy atom. The number of benzene rings is 1. The Labute approximate surface area is 175 Å². The van der Waals surface area contributed by atoms with E-state index in [-0.39, 0.29) is 35.3 Å². The van der Waals surface area contributed by atoms with Gasteiger partial charge in [0.15, 0.2) is 5.96 Å². The van der Waals surface area contributed by atoms with Crippen LogP contribution in [0.2, 0.25) is 0 Å². The van der Waals surface area contributed by atoms with Crippen molar-refractivity contribution in [1.82, 2.24) is 16.0 Å². The Kier molecular flexibility index (Phi) is 11.5. The summed E-state index contributed by atoms with van der Waals surface area (Å²) < 4.78 is 0. The fraction of sp³-hybridized carbons (Fsp3) is 0.600. The first-order chi connectivity index (χ1) is 11.7. The molecule has 1 aromatic rings. The van der Waals surface area contributed by atoms with Crippen LogP contribution in [0.15, 0.2) is 29.3 Å². The fourth-order valence-electron chi connectivity index (χ4n) is 2.27. The number of carbonyl (C=O) groups excluding carboxylic acids is 1. The van der Waals surface area contributed by atoms with Gasteiger partial charge in [0.2, 0.25) is 5.91 Å². The quantitative estimate of drug-likeness (QED) is 0.246. The van der Waals surface area contributed by atoms with E-state index in [0.717, 1.165) is 12.5 Å². The number of hydrogen-bond acceptors (Lipinski definition) is 2. The molecule has 0 saturated heterocycles. The van der Waals surface area contributed by atoms with Gasteiger partial charge in [-0.3, -0.25) is 9.79 Å². The highest BCUT2D eigenvalue weighted by atomic mass is 127. The Bertz CT molecular complexity index is 581. The molecule has 26 heavy (non-hydrogen) atoms. The number of nitrogens with one attached hydrogen (secondary N) is 3. The van der Waals surface area contributed by atoms with Crippen LogP contribution in [0.3, 0.4) is 0 Å². The van der Waals surface area contributed by atoms with Crippen LogP contribution in [0.1, 0.15) is 51.7 Å². The molecule has 5 nitrogen and oxygen atoms in total. The third-order valence-electron chi connectivity index (χ3n) is 3.86. The molecule has 0 radical (unpaired) electrons. The fourth-order valence-corrected chi connectivity index (χ4v) is 2.27. The Hall–Kier alpha value is -1.31. The smallest absolute Gasteiger partial charge is 0.225 e. The molecule has 0 aliphatic heterocycles. The maximum absolute atomic E-state index is 11.8. The number of carbonyl (C=O) groups is 1. The molecule has 1 atom stereocenters. The number of aryl methyl sites for hydroxylation is 1. The second kappa shape index (κ2) is 12.1. The number of nitrogens with zero attached hydrogens (tertiary/aromatic N) is 1. The molecule has 0 aromatic heterocycles. The van der Waals surface area contributed by atoms with E-state index >= 15 is 0 Å². The lowest BCUT2D eigenvalue weighted by molar-refractivity contribution is -0.128. The molecular formula is C20H35IN4O. The van der Waals surface area contributed by atoms with E-state index in [0.29, 0.717) is 25.6 Å². The average Bonchev–Trinajstić information content (AvgIpc) is 2.54. The van der Waals surface area contributed by atoms with Crippen LogP contribution in [0.4, 0.5) is 0 Å². The Balaban J connectivity index is 0.00000625. The van der Waals surface area contributed by atoms with Gasteiger partial charge in [0.05, 0.1) is 0 Å². The molecule has 0 heterocycles. The lowest BCUT2D eigenvalue weighted by Crippen LogP contribution is -2.43. The molecule has 1 aromatic carbocycles. The predicted molar refractivity (Wildman–Crippen MR) is 121 cm³/mol. The van der Waals surface area contributed by atoms with Crippen LogP contribution in [-0.2, 0) is 4.79 Å². The van der Waals surface area contributed by atoms with E-state index in [4.69, 9.17) is 0 Å². The normalized spacial score (nSPS) is 12.8. The van der Waals surface area contributed by atoms with Crippen molar-refractivity contribution in [3.63, 3.8) is 0 Å². The molecule has 3 N–H and O–H groups in total. The molecule has 0 bridgehead atoms. The topological polar surface area (TPSA) is 65.5 Å². The Morgan fingerprint density at radius 2 is 1.81 bits per heavy atom. The van der Waals surface area contributed by atoms with Crippen molar-refractivity contribution in [3.05, 3.63) is 35.4 Å². The minimum atomic E-state index is -0.359. The molecule has 1 amide bonds. The number of amides is 1. The second-order valence-corrected chi connectivity index (χ2v) is 7.47. The van der Waals surface area contributed by atoms with Gasteiger partial charge < -0.3 is 16.0 Å². The van der Waals surface area contributed by atoms with E-state index < -0.39 is 0 Å². The first-order valence-electron chi connectivity index (χ1n) is 9.11. The molecule has 1 rings (SSSR count). The molecule has 6 heteroatoms. The maximum Gasteiger partial charge on any atom is 0.225 e. The highest BCUT2D eigenvalue weighted by molar-refractivity contribution is 14.0. The highest BCUT2D eigenvalue weighted by Crippen LogP contribution is 2.16. The standard InChI is InChI=1S/C20H34N4O.HI/c1-7-21-19(23-12-11-22-18(25)20(4,5)6)24-14-16(3)17-10-8-9-15(2)13-17;/h8-10,13,16H,7,11-12,14H2,1-6H3,(H,22,25)(H2,21,23,24);1H. The van der Waals surface area contributed by atoms with Crippen molar-refractivity contribution in [2.75, 3.05) is 26.2 Å². The summed E-state index contributed by atoms with van der Waals surface area (Å²) in [6.45, 7) is 14.8. The van der Waals surface area contributed by atoms with E-state index in [2.05, 4.69) is 59.1 Å². The van der Waals surface area contributed by atoms with Crippen molar-refractivity contribution in [3.8, 4) is 0 Å². The van der Waals surface area contributed by atoms with E-state index in [1.165, 1.54) is 11.1 Å². The highest BCUT2D eigenvalue weighted by Gasteiger charge is 2.20. The van der Waals surface area contributed by atoms with Crippen molar-refractivity contribution in [1.29, 1.82) is 0 Å². The van der Waals surface area contributed by atoms with E-state index in [1.54, 1.807) is 0 Å². The SMILES string of the molecule is CCNC(=NCC(C)c1cccc(C)c1)NCCNC(=O)C(C)(C)C.I. The van der Waals surface area contributed by atoms with Gasteiger partial charge >= 0.3 is 0 Å². The average molecular weight is 474 g/mol. The van der Waals surface area contributed by atoms with Crippen LogP contribution in [0.25, 0.3) is 0 Å². The van der Waals surface area contributed by atoms with Crippen molar-refractivity contribution >= 4 is 35.8 Å². The van der Waals surface area contributed by atoms with Crippen molar-refractivity contribution in [2.45, 2.75) is 47.5 Å². The zero-order chi connectivity index (χ0) is 18.9. The third-order valence-corrected chi connectivity index (χ3v) is 3.86. The van der Waals surface area contributed by atoms with Gasteiger partial charge in [-0.1, -0.05) is 57.5 Å². The van der Waals surface area contributed by atoms with Gasteiger partial charge in [-0.05, 0) is 19.4 Å². The molecular weight excluding hydrogens is 439 g/mol. The molecule has 0 aliphatic carbocycles. The predicted octanol–water partition coefficient (Wildman–Crippen LogP) is 3.43. The van der Waals surface area contributed by atoms with Crippen molar-refractivity contribution in [2.24, 2.45) is 10.4 Å². The van der Waals surface area contributed by atoms with Gasteiger partial charge in [0.1, 0.15) is 0 Å². The minimum absolute atomic E-state index is 0. The monoisotopic (exact) mass is 474 g/mol. The van der Waals surface area contributed by atoms with Gasteiger partial charge in [0.25, 0.3) is 0 Å². The third kappa shape index (κ3) is 9.40. The summed E-state index contributed by atoms with van der Waals surface area (Å²) in [6.07, 6.45) is 0. The summed E-state index contributed by atoms with van der Waals surface area (Å²) in [5.74, 6) is 1.20. The zero-order valence-corrected chi connectivity index (χ0v) is 19.3. The summed E-state index contributed by atoms with van der Waals surface area (Å²) in [4.78, 5) is 16.5. The zero-order valence-electron chi connectivity index (χ0n) is 17.0. The number of halogens is 1. The lowest BCUT2D eigenvalue weighted by atomic mass is 9.96. The van der Waals surface area contributed by atoms with Gasteiger partial charge in [-0.25, -0.2) is 0 Å². The molecule has 148 valence electrons. The van der Waals surface area contributed by atoms with Crippen LogP contribution in [-0.4, -0.2) is 38.0 Å². The van der Waals surface area contributed by atoms with Gasteiger partial charge in [-0.2, -0.15) is 0 Å². The van der Waals surface area contributed by atoms with Crippen LogP contribution in [0.5, 0.6) is 0 Å². The molecule has 0 aliphatic rings. The van der Waals surface area contributed by atoms with Crippen LogP contribution >= 0.6 is 24.0 Å². The summed E-state index contributed by atoms with van der Waals surface area (Å²) in [7, 11) is 0. The molecule has 0 fully saturated rings. The summed E-state index contributed by atoms with van der Waals surface area (Å²) in [5.41, 5.74) is 2.21. The van der Waals surface area contributed by atoms with Crippen LogP contribution in [0, 0.1) is 12.3 Å². The maximum atomic E-state index is 11.8. The lowest BCUT2D eigenvalue weighted by Gasteiger charge is -2.18. The first-order valence-corrected chi connectivity index (χ1v) is 9.11. The summed E-state index contributed by atoms with van der Waals surface area (Å²) in [6, 6.07) is 8.56. The Morgan fingerprint density at radius 1 is 1.15 bits per heavy atom. The van der Waals surface area contributed by atoms with Crippen molar-refractivity contribution < 1.29 is 4.79 Å². The minimum Gasteiger partial charge on any atom is -0.357 e. The first kappa shape index (κ1) is 24.7. The van der Waals surface area contributed by atoms with E-state index in [9.17, 15) is 4.79 Å². The van der Waals surface area contributed by atoms with Gasteiger partial charge in [0, 0.05) is 37.5 Å². The summed E-state index contributed by atoms with van der Waals surface area (Å²) in [5, 5.41) is 9.45. The second-order valence-electron chi connectivity index (χ2n) is 7.47. The number of guanidine groups is 1. The van der Waals surface area contributed by atoms with Crippen LogP contribution < -0.4 is 16.0 Å². The number of aliphatic imine (C=N–C) groups is 1. The van der Waals surface area contributed by atoms with E-state index in [1.807, 2.05) is 27.7 Å². The largest absolute Gasteiger partial charge is 0.357 e.